The number of halogens is 1. The third kappa shape index (κ3) is 11.1. The van der Waals surface area contributed by atoms with Crippen LogP contribution < -0.4 is 118 Å². The summed E-state index contributed by atoms with van der Waals surface area (Å²) in [5.41, 5.74) is 1.36. The Morgan fingerprint density at radius 1 is 1.04 bits per heavy atom. The predicted octanol–water partition coefficient (Wildman–Crippen LogP) is -4.83. The van der Waals surface area contributed by atoms with Crippen molar-refractivity contribution in [3.05, 3.63) is 65.5 Å². The molecule has 0 radical (unpaired) electrons. The minimum absolute atomic E-state index is 0. The molecule has 116 valence electrons. The molecule has 0 heterocycles. The van der Waals surface area contributed by atoms with E-state index >= 15 is 0 Å². The van der Waals surface area contributed by atoms with Crippen LogP contribution in [0.3, 0.4) is 0 Å². The third-order valence-electron chi connectivity index (χ3n) is 2.56. The van der Waals surface area contributed by atoms with Crippen molar-refractivity contribution in [2.75, 3.05) is 0 Å². The van der Waals surface area contributed by atoms with Gasteiger partial charge in [-0.3, -0.25) is 4.79 Å². The number of carbonyl (C=O) groups excluding carboxylic acids is 2. The van der Waals surface area contributed by atoms with Crippen LogP contribution in [0.15, 0.2) is 48.5 Å². The van der Waals surface area contributed by atoms with E-state index in [9.17, 15) is 9.18 Å². The van der Waals surface area contributed by atoms with Gasteiger partial charge in [0.1, 0.15) is 18.2 Å². The normalized spacial score (nSPS) is 8.58. The van der Waals surface area contributed by atoms with Crippen LogP contribution in [0.5, 0.6) is 5.75 Å². The Hall–Kier alpha value is 0.383. The fourth-order valence-electron chi connectivity index (χ4n) is 1.64. The standard InChI is InChI=1S/C15H13FO2.CH2O3.2K/c1-11(17)14-8-7-13(16)9-15(14)18-10-12-5-3-2-4-6-12;2-1(3)4;;/h2-9H,10H2,1H3;(H2,2,3,4);;/q;;2*+1/p-2. The van der Waals surface area contributed by atoms with Gasteiger partial charge in [0.15, 0.2) is 5.78 Å². The Kier molecular flexibility index (Phi) is 16.1. The molecule has 0 fully saturated rings. The number of hydrogen-bond acceptors (Lipinski definition) is 5. The molecule has 0 aliphatic carbocycles. The van der Waals surface area contributed by atoms with E-state index in [2.05, 4.69) is 0 Å². The monoisotopic (exact) mass is 382 g/mol. The second-order valence-electron chi connectivity index (χ2n) is 4.22. The minimum atomic E-state index is -2.33. The molecule has 5 nitrogen and oxygen atoms in total. The van der Waals surface area contributed by atoms with Crippen molar-refractivity contribution in [1.29, 1.82) is 0 Å². The molecule has 2 rings (SSSR count). The summed E-state index contributed by atoms with van der Waals surface area (Å²) in [5.74, 6) is -0.271. The van der Waals surface area contributed by atoms with Crippen LogP contribution in [-0.2, 0) is 6.61 Å². The van der Waals surface area contributed by atoms with Crippen LogP contribution in [0, 0.1) is 5.82 Å². The van der Waals surface area contributed by atoms with Gasteiger partial charge in [-0.2, -0.15) is 0 Å². The molecule has 0 spiro atoms. The summed E-state index contributed by atoms with van der Waals surface area (Å²) in [6, 6.07) is 13.5. The topological polar surface area (TPSA) is 89.5 Å². The fraction of sp³-hybridized carbons (Fsp3) is 0.125. The number of carbonyl (C=O) groups is 2. The van der Waals surface area contributed by atoms with Crippen LogP contribution in [0.25, 0.3) is 0 Å². The van der Waals surface area contributed by atoms with E-state index in [1.54, 1.807) is 0 Å². The number of hydrogen-bond donors (Lipinski definition) is 0. The van der Waals surface area contributed by atoms with Crippen molar-refractivity contribution in [1.82, 2.24) is 0 Å². The Morgan fingerprint density at radius 3 is 2.08 bits per heavy atom. The average molecular weight is 382 g/mol. The molecule has 8 heteroatoms. The zero-order valence-corrected chi connectivity index (χ0v) is 20.0. The Labute approximate surface area is 224 Å². The Bertz CT molecular complexity index is 646. The van der Waals surface area contributed by atoms with Crippen LogP contribution in [0.1, 0.15) is 22.8 Å². The summed E-state index contributed by atoms with van der Waals surface area (Å²) in [7, 11) is 0. The Balaban J connectivity index is 0. The SMILES string of the molecule is CC(=O)c1ccc(F)cc1OCc1ccccc1.O=C([O-])[O-].[K+].[K+]. The molecule has 0 aliphatic heterocycles. The number of rotatable bonds is 4. The van der Waals surface area contributed by atoms with Crippen molar-refractivity contribution in [2.24, 2.45) is 0 Å². The van der Waals surface area contributed by atoms with Crippen LogP contribution in [0.2, 0.25) is 0 Å². The molecule has 0 atom stereocenters. The van der Waals surface area contributed by atoms with Gasteiger partial charge in [-0.15, -0.1) is 0 Å². The van der Waals surface area contributed by atoms with Gasteiger partial charge in [0.25, 0.3) is 0 Å². The van der Waals surface area contributed by atoms with E-state index in [0.29, 0.717) is 12.2 Å². The molecule has 0 saturated heterocycles. The molecule has 2 aromatic carbocycles. The molecule has 0 unspecified atom stereocenters. The van der Waals surface area contributed by atoms with E-state index in [0.717, 1.165) is 5.56 Å². The quantitative estimate of drug-likeness (QED) is 0.391. The molecule has 0 aliphatic rings. The van der Waals surface area contributed by atoms with E-state index in [4.69, 9.17) is 19.7 Å². The number of ether oxygens (including phenoxy) is 1. The summed E-state index contributed by atoms with van der Waals surface area (Å²) < 4.78 is 18.6. The van der Waals surface area contributed by atoms with Gasteiger partial charge < -0.3 is 19.7 Å². The zero-order valence-electron chi connectivity index (χ0n) is 13.7. The molecular weight excluding hydrogens is 369 g/mol. The molecule has 0 saturated carbocycles. The van der Waals surface area contributed by atoms with E-state index < -0.39 is 12.0 Å². The number of benzene rings is 2. The van der Waals surface area contributed by atoms with E-state index in [-0.39, 0.29) is 114 Å². The maximum absolute atomic E-state index is 13.1. The summed E-state index contributed by atoms with van der Waals surface area (Å²) >= 11 is 0. The minimum Gasteiger partial charge on any atom is -0.652 e. The second-order valence-corrected chi connectivity index (χ2v) is 4.22. The first-order valence-electron chi connectivity index (χ1n) is 6.25. The summed E-state index contributed by atoms with van der Waals surface area (Å²) in [4.78, 5) is 19.7. The van der Waals surface area contributed by atoms with Gasteiger partial charge in [-0.25, -0.2) is 4.39 Å². The van der Waals surface area contributed by atoms with Gasteiger partial charge >= 0.3 is 103 Å². The number of Topliss-reactive ketones (excluding diaryl/α,β-unsaturated/α-hetero) is 1. The maximum Gasteiger partial charge on any atom is 1.00 e. The first-order chi connectivity index (χ1) is 10.4. The number of carboxylic acid groups (broad SMARTS) is 2. The van der Waals surface area contributed by atoms with Crippen molar-refractivity contribution in [2.45, 2.75) is 13.5 Å². The summed E-state index contributed by atoms with van der Waals surface area (Å²) in [6.07, 6.45) is -2.33. The first-order valence-corrected chi connectivity index (χ1v) is 6.25. The fourth-order valence-corrected chi connectivity index (χ4v) is 1.64. The number of ketones is 1. The molecular formula is C16H13FK2O5. The smallest absolute Gasteiger partial charge is 0.652 e. The van der Waals surface area contributed by atoms with Gasteiger partial charge in [0.2, 0.25) is 0 Å². The first kappa shape index (κ1) is 26.6. The largest absolute Gasteiger partial charge is 1.00 e. The maximum atomic E-state index is 13.1. The van der Waals surface area contributed by atoms with E-state index in [1.165, 1.54) is 25.1 Å². The van der Waals surface area contributed by atoms with Gasteiger partial charge in [-0.05, 0) is 30.8 Å². The van der Waals surface area contributed by atoms with Gasteiger partial charge in [0.05, 0.1) is 5.56 Å². The average Bonchev–Trinajstić information content (AvgIpc) is 2.45. The molecule has 0 aromatic heterocycles. The van der Waals surface area contributed by atoms with Crippen molar-refractivity contribution >= 4 is 11.9 Å². The summed E-state index contributed by atoms with van der Waals surface area (Å²) in [5, 5.41) is 16.7. The second kappa shape index (κ2) is 14.5. The van der Waals surface area contributed by atoms with Crippen molar-refractivity contribution in [3.63, 3.8) is 0 Å². The molecule has 24 heavy (non-hydrogen) atoms. The molecule has 0 bridgehead atoms. The van der Waals surface area contributed by atoms with Gasteiger partial charge in [-0.1, -0.05) is 30.3 Å². The predicted molar refractivity (Wildman–Crippen MR) is 72.6 cm³/mol. The van der Waals surface area contributed by atoms with Crippen molar-refractivity contribution < 1.29 is 132 Å². The summed E-state index contributed by atoms with van der Waals surface area (Å²) in [6.45, 7) is 1.74. The molecule has 0 amide bonds. The molecule has 0 N–H and O–H groups in total. The van der Waals surface area contributed by atoms with E-state index in [1.807, 2.05) is 30.3 Å². The third-order valence-corrected chi connectivity index (χ3v) is 2.56. The Morgan fingerprint density at radius 2 is 1.58 bits per heavy atom. The van der Waals surface area contributed by atoms with Gasteiger partial charge in [0, 0.05) is 6.07 Å². The zero-order chi connectivity index (χ0) is 16.5. The van der Waals surface area contributed by atoms with Crippen LogP contribution >= 0.6 is 0 Å². The van der Waals surface area contributed by atoms with Crippen LogP contribution in [0.4, 0.5) is 9.18 Å². The van der Waals surface area contributed by atoms with Crippen molar-refractivity contribution in [3.8, 4) is 5.75 Å². The van der Waals surface area contributed by atoms with Crippen LogP contribution in [-0.4, -0.2) is 11.9 Å². The molecule has 2 aromatic rings.